The first-order valence-corrected chi connectivity index (χ1v) is 7.76. The first kappa shape index (κ1) is 16.1. The number of nitrogens with zero attached hydrogens (tertiary/aromatic N) is 1. The van der Waals surface area contributed by atoms with E-state index in [1.807, 2.05) is 0 Å². The predicted molar refractivity (Wildman–Crippen MR) is 76.1 cm³/mol. The Kier molecular flexibility index (Phi) is 6.45. The summed E-state index contributed by atoms with van der Waals surface area (Å²) in [5, 5.41) is 0.290. The molecular formula is C13H17ClFNO2S. The van der Waals surface area contributed by atoms with Crippen molar-refractivity contribution in [3.63, 3.8) is 0 Å². The summed E-state index contributed by atoms with van der Waals surface area (Å²) in [6.45, 7) is 0. The van der Waals surface area contributed by atoms with Crippen LogP contribution in [0.4, 0.5) is 4.39 Å². The van der Waals surface area contributed by atoms with Crippen LogP contribution in [0.15, 0.2) is 18.2 Å². The molecule has 1 aromatic carbocycles. The Morgan fingerprint density at radius 2 is 2.11 bits per heavy atom. The third-order valence-electron chi connectivity index (χ3n) is 2.59. The molecule has 0 bridgehead atoms. The molecule has 0 aliphatic rings. The topological polar surface area (TPSA) is 37.4 Å². The van der Waals surface area contributed by atoms with E-state index < -0.39 is 16.6 Å². The van der Waals surface area contributed by atoms with Crippen LogP contribution < -0.4 is 0 Å². The van der Waals surface area contributed by atoms with E-state index in [0.29, 0.717) is 24.2 Å². The lowest BCUT2D eigenvalue weighted by Gasteiger charge is -2.09. The fourth-order valence-electron chi connectivity index (χ4n) is 1.49. The zero-order valence-corrected chi connectivity index (χ0v) is 12.6. The number of carbonyl (C=O) groups excluding carboxylic acids is 1. The number of rotatable bonds is 6. The average Bonchev–Trinajstić information content (AvgIpc) is 2.32. The zero-order chi connectivity index (χ0) is 14.4. The Morgan fingerprint density at radius 3 is 2.68 bits per heavy atom. The third kappa shape index (κ3) is 5.70. The summed E-state index contributed by atoms with van der Waals surface area (Å²) in [7, 11) is 2.29. The van der Waals surface area contributed by atoms with Gasteiger partial charge in [-0.15, -0.1) is 0 Å². The minimum Gasteiger partial charge on any atom is -0.349 e. The lowest BCUT2D eigenvalue weighted by atomic mass is 10.2. The maximum Gasteiger partial charge on any atom is 0.222 e. The quantitative estimate of drug-likeness (QED) is 0.810. The van der Waals surface area contributed by atoms with E-state index in [0.717, 1.165) is 0 Å². The van der Waals surface area contributed by atoms with E-state index in [9.17, 15) is 13.4 Å². The van der Waals surface area contributed by atoms with Crippen LogP contribution in [0.1, 0.15) is 18.4 Å². The van der Waals surface area contributed by atoms with Crippen molar-refractivity contribution < 1.29 is 13.4 Å². The molecule has 1 rings (SSSR count). The highest BCUT2D eigenvalue weighted by Gasteiger charge is 2.09. The molecule has 1 aromatic rings. The normalized spacial score (nSPS) is 12.2. The van der Waals surface area contributed by atoms with E-state index in [1.165, 1.54) is 17.0 Å². The van der Waals surface area contributed by atoms with Crippen LogP contribution in [0.3, 0.4) is 0 Å². The van der Waals surface area contributed by atoms with Gasteiger partial charge in [-0.3, -0.25) is 9.00 Å². The Labute approximate surface area is 120 Å². The van der Waals surface area contributed by atoms with Gasteiger partial charge in [-0.1, -0.05) is 17.7 Å². The summed E-state index contributed by atoms with van der Waals surface area (Å²) < 4.78 is 24.7. The lowest BCUT2D eigenvalue weighted by Crippen LogP contribution is -2.21. The molecule has 6 heteroatoms. The summed E-state index contributed by atoms with van der Waals surface area (Å²) >= 11 is 5.86. The highest BCUT2D eigenvalue weighted by molar-refractivity contribution is 7.84. The predicted octanol–water partition coefficient (Wildman–Crippen LogP) is 2.60. The Hall–Kier alpha value is -0.940. The Balaban J connectivity index is 2.41. The second-order valence-electron chi connectivity index (χ2n) is 4.42. The molecule has 19 heavy (non-hydrogen) atoms. The van der Waals surface area contributed by atoms with Crippen LogP contribution in [-0.2, 0) is 21.3 Å². The number of hydrogen-bond donors (Lipinski definition) is 0. The molecule has 0 heterocycles. The van der Waals surface area contributed by atoms with Gasteiger partial charge in [-0.2, -0.15) is 0 Å². The van der Waals surface area contributed by atoms with Crippen molar-refractivity contribution in [2.24, 2.45) is 0 Å². The van der Waals surface area contributed by atoms with E-state index in [1.54, 1.807) is 20.2 Å². The lowest BCUT2D eigenvalue weighted by molar-refractivity contribution is -0.128. The van der Waals surface area contributed by atoms with Gasteiger partial charge in [0.15, 0.2) is 0 Å². The standard InChI is InChI=1S/C13H17ClFNO2S/c1-16(2)13(17)4-3-7-19(18)9-10-5-6-11(15)8-12(10)14/h5-6,8H,3-4,7,9H2,1-2H3/t19-/m0/s1. The molecule has 0 fully saturated rings. The SMILES string of the molecule is CN(C)C(=O)CCC[S@](=O)Cc1ccc(F)cc1Cl. The third-order valence-corrected chi connectivity index (χ3v) is 4.32. The second-order valence-corrected chi connectivity index (χ2v) is 6.40. The van der Waals surface area contributed by atoms with Gasteiger partial charge in [0, 0.05) is 47.8 Å². The van der Waals surface area contributed by atoms with Crippen molar-refractivity contribution in [2.45, 2.75) is 18.6 Å². The number of halogens is 2. The Bertz CT molecular complexity index is 480. The second kappa shape index (κ2) is 7.60. The summed E-state index contributed by atoms with van der Waals surface area (Å²) in [6, 6.07) is 4.05. The molecule has 0 spiro atoms. The molecule has 0 saturated heterocycles. The van der Waals surface area contributed by atoms with Crippen molar-refractivity contribution in [3.8, 4) is 0 Å². The summed E-state index contributed by atoms with van der Waals surface area (Å²) in [5.41, 5.74) is 0.667. The van der Waals surface area contributed by atoms with Gasteiger partial charge in [0.2, 0.25) is 5.91 Å². The molecule has 0 aliphatic carbocycles. The van der Waals surface area contributed by atoms with E-state index in [-0.39, 0.29) is 16.7 Å². The fourth-order valence-corrected chi connectivity index (χ4v) is 3.01. The number of amides is 1. The smallest absolute Gasteiger partial charge is 0.222 e. The van der Waals surface area contributed by atoms with Gasteiger partial charge < -0.3 is 4.90 Å². The van der Waals surface area contributed by atoms with Gasteiger partial charge in [-0.25, -0.2) is 4.39 Å². The van der Waals surface area contributed by atoms with Crippen molar-refractivity contribution >= 4 is 28.3 Å². The number of carbonyl (C=O) groups is 1. The average molecular weight is 306 g/mol. The minimum absolute atomic E-state index is 0.0248. The van der Waals surface area contributed by atoms with Crippen molar-refractivity contribution in [2.75, 3.05) is 19.8 Å². The maximum atomic E-state index is 12.8. The molecule has 1 amide bonds. The van der Waals surface area contributed by atoms with Crippen LogP contribution >= 0.6 is 11.6 Å². The molecule has 0 N–H and O–H groups in total. The van der Waals surface area contributed by atoms with Crippen LogP contribution in [0.25, 0.3) is 0 Å². The largest absolute Gasteiger partial charge is 0.349 e. The van der Waals surface area contributed by atoms with Crippen LogP contribution in [0.2, 0.25) is 5.02 Å². The van der Waals surface area contributed by atoms with Crippen LogP contribution in [-0.4, -0.2) is 34.9 Å². The molecule has 0 saturated carbocycles. The molecule has 0 unspecified atom stereocenters. The Morgan fingerprint density at radius 1 is 1.42 bits per heavy atom. The fraction of sp³-hybridized carbons (Fsp3) is 0.462. The molecule has 3 nitrogen and oxygen atoms in total. The molecule has 1 atom stereocenters. The monoisotopic (exact) mass is 305 g/mol. The molecular weight excluding hydrogens is 289 g/mol. The van der Waals surface area contributed by atoms with Crippen molar-refractivity contribution in [1.29, 1.82) is 0 Å². The van der Waals surface area contributed by atoms with Gasteiger partial charge in [0.05, 0.1) is 0 Å². The number of hydrogen-bond acceptors (Lipinski definition) is 2. The molecule has 0 aromatic heterocycles. The first-order valence-electron chi connectivity index (χ1n) is 5.89. The summed E-state index contributed by atoms with van der Waals surface area (Å²) in [4.78, 5) is 12.9. The molecule has 106 valence electrons. The van der Waals surface area contributed by atoms with Crippen LogP contribution in [0.5, 0.6) is 0 Å². The van der Waals surface area contributed by atoms with E-state index >= 15 is 0 Å². The maximum absolute atomic E-state index is 12.8. The van der Waals surface area contributed by atoms with Gasteiger partial charge in [0.1, 0.15) is 5.82 Å². The van der Waals surface area contributed by atoms with Gasteiger partial charge >= 0.3 is 0 Å². The van der Waals surface area contributed by atoms with Crippen molar-refractivity contribution in [3.05, 3.63) is 34.6 Å². The minimum atomic E-state index is -1.10. The summed E-state index contributed by atoms with van der Waals surface area (Å²) in [6.07, 6.45) is 0.957. The van der Waals surface area contributed by atoms with Gasteiger partial charge in [0.25, 0.3) is 0 Å². The van der Waals surface area contributed by atoms with Gasteiger partial charge in [-0.05, 0) is 24.1 Å². The van der Waals surface area contributed by atoms with E-state index in [2.05, 4.69) is 0 Å². The van der Waals surface area contributed by atoms with Crippen molar-refractivity contribution in [1.82, 2.24) is 4.90 Å². The highest BCUT2D eigenvalue weighted by atomic mass is 35.5. The van der Waals surface area contributed by atoms with Crippen LogP contribution in [0, 0.1) is 5.82 Å². The molecule has 0 aliphatic heterocycles. The summed E-state index contributed by atoms with van der Waals surface area (Å²) in [5.74, 6) is 0.343. The first-order chi connectivity index (χ1) is 8.90. The number of benzene rings is 1. The highest BCUT2D eigenvalue weighted by Crippen LogP contribution is 2.19. The molecule has 0 radical (unpaired) electrons. The van der Waals surface area contributed by atoms with E-state index in [4.69, 9.17) is 11.6 Å². The zero-order valence-electron chi connectivity index (χ0n) is 11.0.